The maximum absolute atomic E-state index is 12.8. The third-order valence-corrected chi connectivity index (χ3v) is 7.28. The van der Waals surface area contributed by atoms with Crippen molar-refractivity contribution >= 4 is 22.7 Å². The molecule has 1 aliphatic carbocycles. The fourth-order valence-corrected chi connectivity index (χ4v) is 4.55. The molecule has 0 aromatic heterocycles. The standard InChI is InChI=1S/C13H21F2NO.C7H7NO4S.C3H6O2.C3H8.C2H6/c14-13(15)9-11(13)10-16-6-4-12(5-7-16)3-1-2-8-17-12;1-12-13(11)7-4-2-6(3-5-7)8(9)10;1-3(4)5-2;1-3-2;1-2/h11H,1-10H2;2-5H,1H3;1-2H3;3H2,1-2H3;1-2H3. The average Bonchev–Trinajstić information content (AvgIpc) is 3.57. The number of esters is 1. The monoisotopic (exact) mass is 594 g/mol. The van der Waals surface area contributed by atoms with Crippen molar-refractivity contribution in [2.75, 3.05) is 40.5 Å². The van der Waals surface area contributed by atoms with E-state index >= 15 is 0 Å². The van der Waals surface area contributed by atoms with Crippen LogP contribution in [0.4, 0.5) is 14.5 Å². The minimum absolute atomic E-state index is 0.0307. The molecule has 3 fully saturated rings. The van der Waals surface area contributed by atoms with E-state index in [4.69, 9.17) is 4.74 Å². The lowest BCUT2D eigenvalue weighted by molar-refractivity contribution is -0.384. The smallest absolute Gasteiger partial charge is 0.302 e. The summed E-state index contributed by atoms with van der Waals surface area (Å²) in [5, 5.41) is 10.3. The zero-order valence-electron chi connectivity index (χ0n) is 25.1. The van der Waals surface area contributed by atoms with Crippen LogP contribution in [0.5, 0.6) is 0 Å². The molecule has 9 nitrogen and oxygen atoms in total. The van der Waals surface area contributed by atoms with Crippen LogP contribution < -0.4 is 0 Å². The number of non-ortho nitro benzene ring substituents is 1. The zero-order chi connectivity index (χ0) is 30.8. The molecule has 1 aromatic rings. The van der Waals surface area contributed by atoms with Crippen molar-refractivity contribution < 1.29 is 36.4 Å². The molecule has 1 aromatic carbocycles. The Hall–Kier alpha value is -2.02. The molecule has 0 amide bonds. The number of carbonyl (C=O) groups is 1. The van der Waals surface area contributed by atoms with E-state index in [0.717, 1.165) is 32.5 Å². The van der Waals surface area contributed by atoms with Gasteiger partial charge in [-0.15, -0.1) is 0 Å². The van der Waals surface area contributed by atoms with Crippen LogP contribution in [0.3, 0.4) is 0 Å². The Kier molecular flexibility index (Phi) is 18.9. The van der Waals surface area contributed by atoms with Crippen LogP contribution in [0.2, 0.25) is 0 Å². The van der Waals surface area contributed by atoms with Gasteiger partial charge in [-0.1, -0.05) is 34.1 Å². The Morgan fingerprint density at radius 3 is 1.98 bits per heavy atom. The highest BCUT2D eigenvalue weighted by Gasteiger charge is 2.57. The zero-order valence-corrected chi connectivity index (χ0v) is 25.9. The highest BCUT2D eigenvalue weighted by molar-refractivity contribution is 7.80. The molecule has 0 bridgehead atoms. The number of nitro benzene ring substituents is 1. The number of ether oxygens (including phenoxy) is 2. The van der Waals surface area contributed by atoms with Crippen molar-refractivity contribution in [3.05, 3.63) is 34.4 Å². The largest absolute Gasteiger partial charge is 0.469 e. The molecule has 2 heterocycles. The van der Waals surface area contributed by atoms with Gasteiger partial charge < -0.3 is 14.4 Å². The lowest BCUT2D eigenvalue weighted by atomic mass is 9.84. The molecule has 232 valence electrons. The van der Waals surface area contributed by atoms with Gasteiger partial charge >= 0.3 is 5.97 Å². The first-order valence-corrected chi connectivity index (χ1v) is 15.0. The van der Waals surface area contributed by atoms with E-state index in [9.17, 15) is 27.9 Å². The molecule has 2 atom stereocenters. The predicted molar refractivity (Wildman–Crippen MR) is 153 cm³/mol. The molecule has 2 saturated heterocycles. The third kappa shape index (κ3) is 14.6. The number of alkyl halides is 2. The van der Waals surface area contributed by atoms with E-state index in [1.54, 1.807) is 0 Å². The van der Waals surface area contributed by atoms with Crippen LogP contribution >= 0.6 is 0 Å². The van der Waals surface area contributed by atoms with Gasteiger partial charge in [0.2, 0.25) is 0 Å². The van der Waals surface area contributed by atoms with Gasteiger partial charge in [-0.2, -0.15) is 0 Å². The van der Waals surface area contributed by atoms with Crippen molar-refractivity contribution in [1.29, 1.82) is 0 Å². The predicted octanol–water partition coefficient (Wildman–Crippen LogP) is 6.56. The normalized spacial score (nSPS) is 20.8. The van der Waals surface area contributed by atoms with Crippen LogP contribution in [0.15, 0.2) is 29.2 Å². The third-order valence-electron chi connectivity index (χ3n) is 6.32. The number of nitrogens with zero attached hydrogens (tertiary/aromatic N) is 2. The summed E-state index contributed by atoms with van der Waals surface area (Å²) in [6.45, 7) is 13.0. The number of hydrogen-bond acceptors (Lipinski definition) is 8. The maximum atomic E-state index is 12.8. The Morgan fingerprint density at radius 2 is 1.62 bits per heavy atom. The van der Waals surface area contributed by atoms with Gasteiger partial charge in [0.05, 0.1) is 29.6 Å². The van der Waals surface area contributed by atoms with Gasteiger partial charge in [0.1, 0.15) is 0 Å². The molecule has 2 aliphatic heterocycles. The summed E-state index contributed by atoms with van der Waals surface area (Å²) < 4.78 is 51.3. The molecule has 40 heavy (non-hydrogen) atoms. The summed E-state index contributed by atoms with van der Waals surface area (Å²) in [5.74, 6) is -2.98. The van der Waals surface area contributed by atoms with Crippen LogP contribution in [0, 0.1) is 16.0 Å². The highest BCUT2D eigenvalue weighted by Crippen LogP contribution is 2.49. The van der Waals surface area contributed by atoms with Crippen molar-refractivity contribution in [3.63, 3.8) is 0 Å². The minimum atomic E-state index is -2.36. The van der Waals surface area contributed by atoms with E-state index in [2.05, 4.69) is 27.7 Å². The summed E-state index contributed by atoms with van der Waals surface area (Å²) >= 11 is -1.53. The van der Waals surface area contributed by atoms with E-state index in [0.29, 0.717) is 11.4 Å². The first-order chi connectivity index (χ1) is 18.9. The molecule has 1 spiro atoms. The Morgan fingerprint density at radius 1 is 1.12 bits per heavy atom. The fraction of sp³-hybridized carbons (Fsp3) is 0.750. The van der Waals surface area contributed by atoms with Gasteiger partial charge in [0, 0.05) is 57.6 Å². The van der Waals surface area contributed by atoms with Gasteiger partial charge in [-0.05, 0) is 44.2 Å². The van der Waals surface area contributed by atoms with Crippen molar-refractivity contribution in [2.24, 2.45) is 5.92 Å². The summed E-state index contributed by atoms with van der Waals surface area (Å²) in [6.07, 6.45) is 7.03. The van der Waals surface area contributed by atoms with E-state index in [1.165, 1.54) is 71.1 Å². The van der Waals surface area contributed by atoms with Gasteiger partial charge in [0.25, 0.3) is 11.6 Å². The van der Waals surface area contributed by atoms with Crippen molar-refractivity contribution in [1.82, 2.24) is 4.90 Å². The fourth-order valence-electron chi connectivity index (χ4n) is 4.00. The van der Waals surface area contributed by atoms with Gasteiger partial charge in [0.15, 0.2) is 11.1 Å². The summed E-state index contributed by atoms with van der Waals surface area (Å²) in [4.78, 5) is 21.9. The van der Waals surface area contributed by atoms with Crippen LogP contribution in [-0.2, 0) is 29.5 Å². The molecule has 12 heteroatoms. The van der Waals surface area contributed by atoms with Crippen LogP contribution in [-0.4, -0.2) is 72.0 Å². The Balaban J connectivity index is 0.000000586. The Bertz CT molecular complexity index is 872. The summed E-state index contributed by atoms with van der Waals surface area (Å²) in [7, 11) is 2.65. The second-order valence-corrected chi connectivity index (χ2v) is 10.8. The van der Waals surface area contributed by atoms with E-state index in [-0.39, 0.29) is 29.6 Å². The number of halogens is 2. The maximum Gasteiger partial charge on any atom is 0.302 e. The number of nitro groups is 1. The van der Waals surface area contributed by atoms with Gasteiger partial charge in [-0.25, -0.2) is 13.0 Å². The molecular weight excluding hydrogens is 546 g/mol. The number of hydrogen-bond donors (Lipinski definition) is 0. The summed E-state index contributed by atoms with van der Waals surface area (Å²) in [5.41, 5.74) is 0.0673. The first-order valence-electron chi connectivity index (χ1n) is 13.9. The second kappa shape index (κ2) is 20.0. The highest BCUT2D eigenvalue weighted by atomic mass is 32.2. The molecule has 2 unspecified atom stereocenters. The number of piperidine rings is 1. The van der Waals surface area contributed by atoms with Crippen LogP contribution in [0.1, 0.15) is 79.6 Å². The molecule has 4 rings (SSSR count). The Labute approximate surface area is 240 Å². The molecule has 1 saturated carbocycles. The van der Waals surface area contributed by atoms with Crippen molar-refractivity contribution in [2.45, 2.75) is 96.0 Å². The summed E-state index contributed by atoms with van der Waals surface area (Å²) in [6, 6.07) is 5.37. The number of carbonyl (C=O) groups excluding carboxylic acids is 1. The number of benzene rings is 1. The van der Waals surface area contributed by atoms with Crippen LogP contribution in [0.25, 0.3) is 0 Å². The number of rotatable bonds is 5. The first kappa shape index (κ1) is 38.0. The lowest BCUT2D eigenvalue weighted by Gasteiger charge is -2.44. The molecule has 3 aliphatic rings. The average molecular weight is 595 g/mol. The number of likely N-dealkylation sites (tertiary alicyclic amines) is 1. The lowest BCUT2D eigenvalue weighted by Crippen LogP contribution is -2.48. The van der Waals surface area contributed by atoms with E-state index < -0.39 is 21.9 Å². The topological polar surface area (TPSA) is 108 Å². The minimum Gasteiger partial charge on any atom is -0.469 e. The van der Waals surface area contributed by atoms with E-state index in [1.807, 2.05) is 13.8 Å². The quantitative estimate of drug-likeness (QED) is 0.214. The SMILES string of the molecule is CC.CCC.COC(C)=O.COS(=O)c1ccc([N+](=O)[O-])cc1.FC1(F)CC1CN1CCC2(CCCCO2)CC1. The van der Waals surface area contributed by atoms with Crippen molar-refractivity contribution in [3.8, 4) is 0 Å². The molecule has 0 radical (unpaired) electrons. The molecular formula is C28H48F2N2O7S. The molecule has 0 N–H and O–H groups in total. The second-order valence-electron chi connectivity index (χ2n) is 9.51. The van der Waals surface area contributed by atoms with Gasteiger partial charge in [-0.3, -0.25) is 19.1 Å². The number of methoxy groups -OCH3 is 1.